The third-order valence-electron chi connectivity index (χ3n) is 8.02. The van der Waals surface area contributed by atoms with Crippen molar-refractivity contribution in [3.8, 4) is 0 Å². The predicted molar refractivity (Wildman–Crippen MR) is 145 cm³/mol. The number of rotatable bonds is 21. The van der Waals surface area contributed by atoms with Crippen molar-refractivity contribution in [3.05, 3.63) is 5.92 Å². The lowest BCUT2D eigenvalue weighted by Gasteiger charge is -2.52. The van der Waals surface area contributed by atoms with Crippen molar-refractivity contribution in [2.24, 2.45) is 16.7 Å². The van der Waals surface area contributed by atoms with E-state index in [1.807, 2.05) is 5.92 Å². The number of hydrogen-bond acceptors (Lipinski definition) is 0. The molecule has 2 atom stereocenters. The van der Waals surface area contributed by atoms with Crippen molar-refractivity contribution in [1.82, 2.24) is 0 Å². The van der Waals surface area contributed by atoms with Crippen molar-refractivity contribution < 1.29 is 0 Å². The van der Waals surface area contributed by atoms with Crippen LogP contribution in [0.25, 0.3) is 0 Å². The molecule has 1 radical (unpaired) electrons. The molecule has 31 heavy (non-hydrogen) atoms. The highest BCUT2D eigenvalue weighted by Crippen LogP contribution is 2.56. The minimum Gasteiger partial charge on any atom is -0.0654 e. The predicted octanol–water partition coefficient (Wildman–Crippen LogP) is 11.7. The van der Waals surface area contributed by atoms with Gasteiger partial charge in [0.25, 0.3) is 0 Å². The first kappa shape index (κ1) is 31.0. The molecule has 0 rings (SSSR count). The molecule has 0 N–H and O–H groups in total. The molecule has 0 nitrogen and oxygen atoms in total. The minimum atomic E-state index is 0.397. The van der Waals surface area contributed by atoms with Crippen molar-refractivity contribution in [2.75, 3.05) is 0 Å². The van der Waals surface area contributed by atoms with Gasteiger partial charge in [-0.2, -0.15) is 0 Å². The molecule has 0 aliphatic heterocycles. The zero-order valence-corrected chi connectivity index (χ0v) is 23.5. The fraction of sp³-hybridized carbons (Fsp3) is 0.968. The summed E-state index contributed by atoms with van der Waals surface area (Å²) < 4.78 is 0. The molecule has 0 heteroatoms. The Morgan fingerprint density at radius 1 is 0.548 bits per heavy atom. The standard InChI is InChI=1S/C31H63/c1-9-14-17-19-20-22-26-28(25-21-18-15-10-2)31(13-5,27-23-16-11-3)29(24-12-4)30(6,7)8/h29H,9-27H2,1-8H3. The maximum absolute atomic E-state index is 2.54. The molecule has 0 aliphatic rings. The third kappa shape index (κ3) is 12.1. The normalized spacial score (nSPS) is 15.4. The second-order valence-corrected chi connectivity index (χ2v) is 11.6. The molecule has 2 unspecified atom stereocenters. The Bertz CT molecular complexity index is 376. The van der Waals surface area contributed by atoms with E-state index in [9.17, 15) is 0 Å². The van der Waals surface area contributed by atoms with Gasteiger partial charge in [-0.3, -0.25) is 0 Å². The molecule has 0 saturated carbocycles. The third-order valence-corrected chi connectivity index (χ3v) is 8.02. The molecule has 0 aromatic rings. The van der Waals surface area contributed by atoms with Gasteiger partial charge in [0.05, 0.1) is 0 Å². The van der Waals surface area contributed by atoms with Crippen LogP contribution in [0.1, 0.15) is 177 Å². The lowest BCUT2D eigenvalue weighted by atomic mass is 9.53. The van der Waals surface area contributed by atoms with Gasteiger partial charge in [0.2, 0.25) is 0 Å². The van der Waals surface area contributed by atoms with Gasteiger partial charge in [-0.15, -0.1) is 0 Å². The van der Waals surface area contributed by atoms with Gasteiger partial charge >= 0.3 is 0 Å². The summed E-state index contributed by atoms with van der Waals surface area (Å²) in [5.41, 5.74) is 0.868. The molecule has 0 aromatic heterocycles. The molecule has 0 amide bonds. The summed E-state index contributed by atoms with van der Waals surface area (Å²) >= 11 is 0. The van der Waals surface area contributed by atoms with Crippen molar-refractivity contribution in [2.45, 2.75) is 177 Å². The van der Waals surface area contributed by atoms with E-state index in [-0.39, 0.29) is 0 Å². The van der Waals surface area contributed by atoms with E-state index in [0.717, 1.165) is 5.92 Å². The SMILES string of the molecule is CCCCCCCC[C](CCCCCC)C(CC)(CCCCC)C(CCC)C(C)(C)C. The monoisotopic (exact) mass is 435 g/mol. The Balaban J connectivity index is 5.65. The highest BCUT2D eigenvalue weighted by atomic mass is 14.5. The maximum atomic E-state index is 2.54. The fourth-order valence-electron chi connectivity index (χ4n) is 6.29. The van der Waals surface area contributed by atoms with E-state index in [2.05, 4.69) is 55.4 Å². The van der Waals surface area contributed by atoms with Crippen LogP contribution >= 0.6 is 0 Å². The molecule has 0 fully saturated rings. The van der Waals surface area contributed by atoms with Crippen LogP contribution in [-0.4, -0.2) is 0 Å². The summed E-state index contributed by atoms with van der Waals surface area (Å²) in [5.74, 6) is 2.82. The molecule has 0 aromatic carbocycles. The fourth-order valence-corrected chi connectivity index (χ4v) is 6.29. The van der Waals surface area contributed by atoms with Crippen molar-refractivity contribution >= 4 is 0 Å². The molecule has 0 bridgehead atoms. The Morgan fingerprint density at radius 2 is 1.00 bits per heavy atom. The Labute approximate surface area is 200 Å². The van der Waals surface area contributed by atoms with E-state index in [4.69, 9.17) is 0 Å². The highest BCUT2D eigenvalue weighted by Gasteiger charge is 2.46. The topological polar surface area (TPSA) is 0 Å². The largest absolute Gasteiger partial charge is 0.0654 e. The molecule has 0 heterocycles. The van der Waals surface area contributed by atoms with Crippen LogP contribution < -0.4 is 0 Å². The first-order chi connectivity index (χ1) is 14.8. The van der Waals surface area contributed by atoms with Crippen LogP contribution in [0.15, 0.2) is 0 Å². The molecular formula is C31H63. The second kappa shape index (κ2) is 18.4. The van der Waals surface area contributed by atoms with Gasteiger partial charge in [-0.25, -0.2) is 0 Å². The van der Waals surface area contributed by atoms with E-state index < -0.39 is 0 Å². The number of hydrogen-bond donors (Lipinski definition) is 0. The first-order valence-corrected chi connectivity index (χ1v) is 14.7. The van der Waals surface area contributed by atoms with Gasteiger partial charge in [0.1, 0.15) is 0 Å². The van der Waals surface area contributed by atoms with Gasteiger partial charge in [-0.1, -0.05) is 145 Å². The number of unbranched alkanes of at least 4 members (excludes halogenated alkanes) is 10. The molecule has 187 valence electrons. The first-order valence-electron chi connectivity index (χ1n) is 14.7. The summed E-state index contributed by atoms with van der Waals surface area (Å²) in [7, 11) is 0. The Morgan fingerprint density at radius 3 is 1.45 bits per heavy atom. The van der Waals surface area contributed by atoms with Crippen LogP contribution in [-0.2, 0) is 0 Å². The molecular weight excluding hydrogens is 372 g/mol. The van der Waals surface area contributed by atoms with Crippen LogP contribution in [0.2, 0.25) is 0 Å². The average molecular weight is 436 g/mol. The molecule has 0 spiro atoms. The lowest BCUT2D eigenvalue weighted by Crippen LogP contribution is -2.43. The highest BCUT2D eigenvalue weighted by molar-refractivity contribution is 5.11. The smallest absolute Gasteiger partial charge is 0.0176 e. The van der Waals surface area contributed by atoms with Gasteiger partial charge in [0.15, 0.2) is 0 Å². The van der Waals surface area contributed by atoms with Gasteiger partial charge in [0, 0.05) is 0 Å². The minimum absolute atomic E-state index is 0.397. The summed E-state index contributed by atoms with van der Waals surface area (Å²) in [5, 5.41) is 0. The molecule has 0 aliphatic carbocycles. The average Bonchev–Trinajstić information content (AvgIpc) is 2.73. The summed E-state index contributed by atoms with van der Waals surface area (Å²) in [6.45, 7) is 19.6. The Kier molecular flexibility index (Phi) is 18.4. The quantitative estimate of drug-likeness (QED) is 0.157. The van der Waals surface area contributed by atoms with E-state index >= 15 is 0 Å². The zero-order valence-electron chi connectivity index (χ0n) is 23.5. The van der Waals surface area contributed by atoms with Gasteiger partial charge < -0.3 is 0 Å². The van der Waals surface area contributed by atoms with Gasteiger partial charge in [-0.05, 0) is 54.8 Å². The lowest BCUT2D eigenvalue weighted by molar-refractivity contribution is 0.0344. The maximum Gasteiger partial charge on any atom is -0.0176 e. The summed E-state index contributed by atoms with van der Waals surface area (Å²) in [6, 6.07) is 0. The van der Waals surface area contributed by atoms with Crippen LogP contribution in [0.3, 0.4) is 0 Å². The molecule has 0 saturated heterocycles. The van der Waals surface area contributed by atoms with E-state index in [1.54, 1.807) is 0 Å². The summed E-state index contributed by atoms with van der Waals surface area (Å²) in [4.78, 5) is 0. The Hall–Kier alpha value is 0. The second-order valence-electron chi connectivity index (χ2n) is 11.6. The van der Waals surface area contributed by atoms with Crippen molar-refractivity contribution in [3.63, 3.8) is 0 Å². The van der Waals surface area contributed by atoms with Crippen LogP contribution in [0.5, 0.6) is 0 Å². The van der Waals surface area contributed by atoms with Crippen molar-refractivity contribution in [1.29, 1.82) is 0 Å². The summed E-state index contributed by atoms with van der Waals surface area (Å²) in [6.07, 6.45) is 26.7. The van der Waals surface area contributed by atoms with E-state index in [1.165, 1.54) is 122 Å². The zero-order chi connectivity index (χ0) is 23.6. The van der Waals surface area contributed by atoms with Crippen LogP contribution in [0, 0.1) is 22.7 Å². The van der Waals surface area contributed by atoms with Crippen LogP contribution in [0.4, 0.5) is 0 Å². The van der Waals surface area contributed by atoms with E-state index in [0.29, 0.717) is 10.8 Å².